The topological polar surface area (TPSA) is 110 Å². The van der Waals surface area contributed by atoms with Crippen LogP contribution in [0.2, 0.25) is 0 Å². The van der Waals surface area contributed by atoms with Gasteiger partial charge in [0.2, 0.25) is 5.91 Å². The van der Waals surface area contributed by atoms with Gasteiger partial charge in [0.15, 0.2) is 0 Å². The number of hydrogen-bond acceptors (Lipinski definition) is 5. The van der Waals surface area contributed by atoms with E-state index in [0.717, 1.165) is 17.2 Å². The lowest BCUT2D eigenvalue weighted by molar-refractivity contribution is -0.131. The highest BCUT2D eigenvalue weighted by Gasteiger charge is 2.06. The number of aliphatic carboxylic acids is 1. The molecule has 0 aliphatic carbocycles. The third kappa shape index (κ3) is 4.23. The van der Waals surface area contributed by atoms with Gasteiger partial charge in [0.05, 0.1) is 0 Å². The first kappa shape index (κ1) is 14.4. The molecule has 8 heteroatoms. The fraction of sp³-hybridized carbons (Fsp3) is 0.154. The van der Waals surface area contributed by atoms with Gasteiger partial charge < -0.3 is 10.4 Å². The predicted octanol–water partition coefficient (Wildman–Crippen LogP) is 0.718. The highest BCUT2D eigenvalue weighted by Crippen LogP contribution is 2.17. The largest absolute Gasteiger partial charge is 0.478 e. The fourth-order valence-corrected chi connectivity index (χ4v) is 1.69. The molecular weight excluding hydrogens is 274 g/mol. The van der Waals surface area contributed by atoms with E-state index in [9.17, 15) is 9.59 Å². The summed E-state index contributed by atoms with van der Waals surface area (Å²) in [7, 11) is 0. The summed E-state index contributed by atoms with van der Waals surface area (Å²) in [6.45, 7) is 1.85. The first-order valence-corrected chi connectivity index (χ1v) is 6.07. The minimum atomic E-state index is -1.01. The van der Waals surface area contributed by atoms with E-state index < -0.39 is 5.97 Å². The van der Waals surface area contributed by atoms with E-state index in [1.807, 2.05) is 6.92 Å². The summed E-state index contributed by atoms with van der Waals surface area (Å²) >= 11 is 0. The van der Waals surface area contributed by atoms with Gasteiger partial charge in [-0.25, -0.2) is 9.48 Å². The summed E-state index contributed by atoms with van der Waals surface area (Å²) in [6.07, 6.45) is 3.90. The molecule has 0 bridgehead atoms. The second kappa shape index (κ2) is 6.42. The van der Waals surface area contributed by atoms with E-state index in [4.69, 9.17) is 5.11 Å². The molecule has 0 radical (unpaired) electrons. The average molecular weight is 287 g/mol. The number of carboxylic acids is 1. The third-order valence-corrected chi connectivity index (χ3v) is 2.64. The number of carboxylic acid groups (broad SMARTS) is 1. The first-order chi connectivity index (χ1) is 10.0. The molecule has 0 aliphatic rings. The summed E-state index contributed by atoms with van der Waals surface area (Å²) in [5.41, 5.74) is 2.22. The summed E-state index contributed by atoms with van der Waals surface area (Å²) in [5.74, 6) is -1.26. The zero-order chi connectivity index (χ0) is 15.2. The van der Waals surface area contributed by atoms with Crippen LogP contribution in [0.15, 0.2) is 30.6 Å². The van der Waals surface area contributed by atoms with Gasteiger partial charge in [0.1, 0.15) is 12.9 Å². The van der Waals surface area contributed by atoms with Gasteiger partial charge in [-0.05, 0) is 46.7 Å². The van der Waals surface area contributed by atoms with Gasteiger partial charge in [0, 0.05) is 11.8 Å². The Morgan fingerprint density at radius 3 is 2.86 bits per heavy atom. The molecule has 0 unspecified atom stereocenters. The molecular formula is C13H13N5O3. The van der Waals surface area contributed by atoms with Gasteiger partial charge in [-0.1, -0.05) is 6.07 Å². The summed E-state index contributed by atoms with van der Waals surface area (Å²) < 4.78 is 1.31. The Bertz CT molecular complexity index is 679. The Labute approximate surface area is 120 Å². The van der Waals surface area contributed by atoms with Crippen molar-refractivity contribution in [3.63, 3.8) is 0 Å². The highest BCUT2D eigenvalue weighted by molar-refractivity contribution is 5.91. The summed E-state index contributed by atoms with van der Waals surface area (Å²) in [6, 6.07) is 5.22. The van der Waals surface area contributed by atoms with Crippen LogP contribution in [0.5, 0.6) is 0 Å². The molecule has 21 heavy (non-hydrogen) atoms. The number of aryl methyl sites for hydroxylation is 1. The van der Waals surface area contributed by atoms with Crippen molar-refractivity contribution in [3.05, 3.63) is 41.7 Å². The normalized spacial score (nSPS) is 10.7. The van der Waals surface area contributed by atoms with E-state index in [-0.39, 0.29) is 12.5 Å². The zero-order valence-electron chi connectivity index (χ0n) is 11.2. The van der Waals surface area contributed by atoms with Gasteiger partial charge in [-0.15, -0.1) is 5.10 Å². The quantitative estimate of drug-likeness (QED) is 0.784. The van der Waals surface area contributed by atoms with E-state index in [0.29, 0.717) is 5.69 Å². The van der Waals surface area contributed by atoms with Crippen molar-refractivity contribution >= 4 is 23.6 Å². The molecule has 1 amide bonds. The minimum absolute atomic E-state index is 0.0209. The maximum atomic E-state index is 11.8. The molecule has 1 aromatic carbocycles. The SMILES string of the molecule is Cc1cc(C=CC(=O)O)ccc1NC(=O)Cn1cnnn1. The molecule has 0 spiro atoms. The number of rotatable bonds is 5. The zero-order valence-corrected chi connectivity index (χ0v) is 11.2. The first-order valence-electron chi connectivity index (χ1n) is 6.07. The maximum absolute atomic E-state index is 11.8. The van der Waals surface area contributed by atoms with Crippen molar-refractivity contribution in [3.8, 4) is 0 Å². The van der Waals surface area contributed by atoms with Crippen LogP contribution in [0.4, 0.5) is 5.69 Å². The third-order valence-electron chi connectivity index (χ3n) is 2.64. The number of aromatic nitrogens is 4. The van der Waals surface area contributed by atoms with Crippen LogP contribution in [0.1, 0.15) is 11.1 Å². The number of anilines is 1. The van der Waals surface area contributed by atoms with E-state index in [1.54, 1.807) is 18.2 Å². The summed E-state index contributed by atoms with van der Waals surface area (Å²) in [5, 5.41) is 21.8. The van der Waals surface area contributed by atoms with Gasteiger partial charge >= 0.3 is 5.97 Å². The Morgan fingerprint density at radius 1 is 1.43 bits per heavy atom. The predicted molar refractivity (Wildman–Crippen MR) is 74.3 cm³/mol. The molecule has 0 saturated carbocycles. The van der Waals surface area contributed by atoms with Gasteiger partial charge in [0.25, 0.3) is 0 Å². The van der Waals surface area contributed by atoms with Crippen LogP contribution in [0.25, 0.3) is 6.08 Å². The minimum Gasteiger partial charge on any atom is -0.478 e. The molecule has 2 aromatic rings. The Hall–Kier alpha value is -3.03. The lowest BCUT2D eigenvalue weighted by atomic mass is 10.1. The van der Waals surface area contributed by atoms with Crippen molar-refractivity contribution in [2.75, 3.05) is 5.32 Å². The lowest BCUT2D eigenvalue weighted by Gasteiger charge is -2.08. The van der Waals surface area contributed by atoms with Crippen LogP contribution in [0, 0.1) is 6.92 Å². The molecule has 8 nitrogen and oxygen atoms in total. The lowest BCUT2D eigenvalue weighted by Crippen LogP contribution is -2.19. The van der Waals surface area contributed by atoms with Gasteiger partial charge in [-0.2, -0.15) is 0 Å². The van der Waals surface area contributed by atoms with Crippen LogP contribution in [-0.2, 0) is 16.1 Å². The Morgan fingerprint density at radius 2 is 2.24 bits per heavy atom. The van der Waals surface area contributed by atoms with Crippen LogP contribution in [0.3, 0.4) is 0 Å². The number of tetrazole rings is 1. The number of nitrogens with zero attached hydrogens (tertiary/aromatic N) is 4. The van der Waals surface area contributed by atoms with E-state index in [2.05, 4.69) is 20.8 Å². The number of hydrogen-bond donors (Lipinski definition) is 2. The van der Waals surface area contributed by atoms with Crippen LogP contribution in [-0.4, -0.2) is 37.2 Å². The number of amides is 1. The molecule has 1 heterocycles. The Balaban J connectivity index is 2.03. The van der Waals surface area contributed by atoms with E-state index >= 15 is 0 Å². The molecule has 108 valence electrons. The number of nitrogens with one attached hydrogen (secondary N) is 1. The molecule has 1 aromatic heterocycles. The van der Waals surface area contributed by atoms with E-state index in [1.165, 1.54) is 17.1 Å². The van der Waals surface area contributed by atoms with Crippen LogP contribution < -0.4 is 5.32 Å². The molecule has 0 saturated heterocycles. The van der Waals surface area contributed by atoms with Gasteiger partial charge in [-0.3, -0.25) is 4.79 Å². The molecule has 2 rings (SSSR count). The average Bonchev–Trinajstić information content (AvgIpc) is 2.92. The smallest absolute Gasteiger partial charge is 0.328 e. The van der Waals surface area contributed by atoms with Crippen molar-refractivity contribution in [1.82, 2.24) is 20.2 Å². The van der Waals surface area contributed by atoms with Crippen molar-refractivity contribution in [1.29, 1.82) is 0 Å². The highest BCUT2D eigenvalue weighted by atomic mass is 16.4. The molecule has 0 atom stereocenters. The monoisotopic (exact) mass is 287 g/mol. The summed E-state index contributed by atoms with van der Waals surface area (Å²) in [4.78, 5) is 22.3. The second-order valence-corrected chi connectivity index (χ2v) is 4.30. The number of carbonyl (C=O) groups excluding carboxylic acids is 1. The fourth-order valence-electron chi connectivity index (χ4n) is 1.69. The maximum Gasteiger partial charge on any atom is 0.328 e. The van der Waals surface area contributed by atoms with Crippen LogP contribution >= 0.6 is 0 Å². The number of benzene rings is 1. The standard InChI is InChI=1S/C13H13N5O3/c1-9-6-10(3-5-13(20)21)2-4-11(9)15-12(19)7-18-8-14-16-17-18/h2-6,8H,7H2,1H3,(H,15,19)(H,20,21). The van der Waals surface area contributed by atoms with Crippen molar-refractivity contribution in [2.24, 2.45) is 0 Å². The van der Waals surface area contributed by atoms with Crippen molar-refractivity contribution < 1.29 is 14.7 Å². The molecule has 0 fully saturated rings. The number of carbonyl (C=O) groups is 2. The second-order valence-electron chi connectivity index (χ2n) is 4.30. The molecule has 0 aliphatic heterocycles. The van der Waals surface area contributed by atoms with Crippen molar-refractivity contribution in [2.45, 2.75) is 13.5 Å². The Kier molecular flexibility index (Phi) is 4.39. The molecule has 2 N–H and O–H groups in total.